The van der Waals surface area contributed by atoms with Crippen LogP contribution in [0.4, 0.5) is 0 Å². The molecular weight excluding hydrogens is 320 g/mol. The van der Waals surface area contributed by atoms with E-state index in [-0.39, 0.29) is 30.0 Å². The van der Waals surface area contributed by atoms with E-state index < -0.39 is 0 Å². The lowest BCUT2D eigenvalue weighted by Crippen LogP contribution is -2.19. The van der Waals surface area contributed by atoms with Crippen molar-refractivity contribution < 1.29 is 24.1 Å². The molecule has 1 N–H and O–H groups in total. The molecule has 116 valence electrons. The molecule has 2 aromatic rings. The summed E-state index contributed by atoms with van der Waals surface area (Å²) in [7, 11) is 0. The minimum atomic E-state index is -0.131. The van der Waals surface area contributed by atoms with E-state index in [1.807, 2.05) is 0 Å². The molecule has 4 rings (SSSR count). The molecule has 0 radical (unpaired) electrons. The molecule has 6 heteroatoms. The summed E-state index contributed by atoms with van der Waals surface area (Å²) in [5.41, 5.74) is 1.65. The third-order valence-corrected chi connectivity index (χ3v) is 4.01. The fourth-order valence-corrected chi connectivity index (χ4v) is 2.72. The van der Waals surface area contributed by atoms with Gasteiger partial charge in [-0.05, 0) is 29.8 Å². The van der Waals surface area contributed by atoms with Crippen LogP contribution >= 0.6 is 11.6 Å². The Bertz CT molecular complexity index is 856. The smallest absolute Gasteiger partial charge is 0.231 e. The molecule has 0 bridgehead atoms. The number of phenols is 1. The van der Waals surface area contributed by atoms with Crippen molar-refractivity contribution in [2.45, 2.75) is 0 Å². The number of Topliss-reactive ketones (excluding diaryl/α,β-unsaturated/α-hetero) is 1. The topological polar surface area (TPSA) is 65.0 Å². The average molecular weight is 331 g/mol. The fraction of sp³-hybridized carbons (Fsp3) is 0.118. The number of hydrogen-bond donors (Lipinski definition) is 1. The van der Waals surface area contributed by atoms with Crippen molar-refractivity contribution in [1.29, 1.82) is 0 Å². The molecule has 0 amide bonds. The number of rotatable bonds is 1. The van der Waals surface area contributed by atoms with E-state index in [2.05, 4.69) is 0 Å². The maximum atomic E-state index is 12.6. The maximum Gasteiger partial charge on any atom is 0.231 e. The number of halogens is 1. The summed E-state index contributed by atoms with van der Waals surface area (Å²) in [6, 6.07) is 8.05. The van der Waals surface area contributed by atoms with Gasteiger partial charge in [0, 0.05) is 11.6 Å². The van der Waals surface area contributed by atoms with Gasteiger partial charge in [-0.2, -0.15) is 0 Å². The van der Waals surface area contributed by atoms with Crippen LogP contribution in [0.1, 0.15) is 15.9 Å². The molecule has 23 heavy (non-hydrogen) atoms. The highest BCUT2D eigenvalue weighted by atomic mass is 35.5. The highest BCUT2D eigenvalue weighted by molar-refractivity contribution is 6.32. The highest BCUT2D eigenvalue weighted by Crippen LogP contribution is 2.40. The Morgan fingerprint density at radius 1 is 1.04 bits per heavy atom. The molecule has 0 unspecified atom stereocenters. The number of hydrogen-bond acceptors (Lipinski definition) is 5. The molecule has 0 spiro atoms. The van der Waals surface area contributed by atoms with Crippen molar-refractivity contribution in [3.05, 3.63) is 52.1 Å². The average Bonchev–Trinajstić information content (AvgIpc) is 2.99. The second-order valence-electron chi connectivity index (χ2n) is 5.20. The van der Waals surface area contributed by atoms with E-state index in [4.69, 9.17) is 25.8 Å². The van der Waals surface area contributed by atoms with Crippen molar-refractivity contribution in [2.24, 2.45) is 0 Å². The van der Waals surface area contributed by atoms with Crippen molar-refractivity contribution in [2.75, 3.05) is 13.4 Å². The Hall–Kier alpha value is -2.66. The lowest BCUT2D eigenvalue weighted by atomic mass is 9.98. The molecule has 2 heterocycles. The number of ether oxygens (including phenoxy) is 3. The molecule has 0 saturated carbocycles. The summed E-state index contributed by atoms with van der Waals surface area (Å²) in [5, 5.41) is 9.68. The third kappa shape index (κ3) is 2.39. The molecule has 2 aliphatic rings. The van der Waals surface area contributed by atoms with E-state index in [0.717, 1.165) is 0 Å². The van der Waals surface area contributed by atoms with Crippen LogP contribution in [0.5, 0.6) is 23.0 Å². The van der Waals surface area contributed by atoms with E-state index >= 15 is 0 Å². The van der Waals surface area contributed by atoms with Crippen LogP contribution in [0, 0.1) is 0 Å². The first-order chi connectivity index (χ1) is 11.1. The zero-order valence-electron chi connectivity index (χ0n) is 11.8. The van der Waals surface area contributed by atoms with Gasteiger partial charge in [-0.15, -0.1) is 0 Å². The number of fused-ring (bicyclic) bond motifs is 2. The first-order valence-corrected chi connectivity index (χ1v) is 7.30. The van der Waals surface area contributed by atoms with Crippen molar-refractivity contribution in [3.63, 3.8) is 0 Å². The van der Waals surface area contributed by atoms with Crippen molar-refractivity contribution >= 4 is 23.5 Å². The van der Waals surface area contributed by atoms with Crippen molar-refractivity contribution in [3.8, 4) is 23.0 Å². The quantitative estimate of drug-likeness (QED) is 0.811. The second kappa shape index (κ2) is 5.21. The molecule has 0 aromatic heterocycles. The maximum absolute atomic E-state index is 12.6. The lowest BCUT2D eigenvalue weighted by molar-refractivity contribution is 0.100. The van der Waals surface area contributed by atoms with Gasteiger partial charge in [0.2, 0.25) is 6.79 Å². The first kappa shape index (κ1) is 14.0. The van der Waals surface area contributed by atoms with E-state index in [0.29, 0.717) is 33.9 Å². The first-order valence-electron chi connectivity index (χ1n) is 6.92. The van der Waals surface area contributed by atoms with Gasteiger partial charge in [0.25, 0.3) is 0 Å². The summed E-state index contributed by atoms with van der Waals surface area (Å²) in [6.07, 6.45) is 1.70. The van der Waals surface area contributed by atoms with Gasteiger partial charge in [0.1, 0.15) is 18.1 Å². The lowest BCUT2D eigenvalue weighted by Gasteiger charge is -2.19. The predicted octanol–water partition coefficient (Wildman–Crippen LogP) is 3.43. The normalized spacial score (nSPS) is 17.1. The number of ketones is 1. The monoisotopic (exact) mass is 330 g/mol. The molecule has 0 atom stereocenters. The molecule has 0 aliphatic carbocycles. The highest BCUT2D eigenvalue weighted by Gasteiger charge is 2.27. The predicted molar refractivity (Wildman–Crippen MR) is 83.5 cm³/mol. The minimum absolute atomic E-state index is 0.00176. The van der Waals surface area contributed by atoms with Crippen LogP contribution < -0.4 is 14.2 Å². The number of phenolic OH excluding ortho intramolecular Hbond substituents is 1. The van der Waals surface area contributed by atoms with Crippen LogP contribution in [0.15, 0.2) is 35.9 Å². The second-order valence-corrected chi connectivity index (χ2v) is 5.61. The van der Waals surface area contributed by atoms with Gasteiger partial charge in [-0.3, -0.25) is 4.79 Å². The number of aromatic hydroxyl groups is 1. The van der Waals surface area contributed by atoms with Crippen LogP contribution in [0.2, 0.25) is 5.02 Å². The van der Waals surface area contributed by atoms with Gasteiger partial charge < -0.3 is 19.3 Å². The molecule has 0 fully saturated rings. The third-order valence-electron chi connectivity index (χ3n) is 3.71. The number of carbonyl (C=O) groups excluding carboxylic acids is 1. The van der Waals surface area contributed by atoms with E-state index in [1.165, 1.54) is 6.07 Å². The summed E-state index contributed by atoms with van der Waals surface area (Å²) < 4.78 is 16.2. The summed E-state index contributed by atoms with van der Waals surface area (Å²) in [5.74, 6) is 1.47. The molecule has 0 saturated heterocycles. The zero-order chi connectivity index (χ0) is 16.0. The van der Waals surface area contributed by atoms with Gasteiger partial charge in [-0.25, -0.2) is 0 Å². The Labute approximate surface area is 136 Å². The van der Waals surface area contributed by atoms with E-state index in [9.17, 15) is 9.90 Å². The molecular formula is C17H11ClO5. The number of benzene rings is 2. The summed E-state index contributed by atoms with van der Waals surface area (Å²) in [6.45, 7) is 0.297. The SMILES string of the molecule is O=C1C(=Cc2ccc(O)c(Cl)c2)COc2cc3c(cc21)OCO3. The standard InChI is InChI=1S/C17H11ClO5/c18-12-4-9(1-2-13(12)19)3-10-7-21-14-6-16-15(22-8-23-16)5-11(14)17(10)20/h1-6,19H,7-8H2. The Morgan fingerprint density at radius 3 is 2.61 bits per heavy atom. The van der Waals surface area contributed by atoms with Crippen LogP contribution in [0.3, 0.4) is 0 Å². The zero-order valence-corrected chi connectivity index (χ0v) is 12.6. The Kier molecular flexibility index (Phi) is 3.16. The Morgan fingerprint density at radius 2 is 1.83 bits per heavy atom. The van der Waals surface area contributed by atoms with Gasteiger partial charge in [0.05, 0.1) is 10.6 Å². The number of carbonyl (C=O) groups is 1. The minimum Gasteiger partial charge on any atom is -0.506 e. The van der Waals surface area contributed by atoms with Gasteiger partial charge >= 0.3 is 0 Å². The fourth-order valence-electron chi connectivity index (χ4n) is 2.54. The Balaban J connectivity index is 1.71. The van der Waals surface area contributed by atoms with Crippen LogP contribution in [-0.2, 0) is 0 Å². The summed E-state index contributed by atoms with van der Waals surface area (Å²) >= 11 is 5.89. The van der Waals surface area contributed by atoms with Gasteiger partial charge in [0.15, 0.2) is 17.3 Å². The molecule has 2 aromatic carbocycles. The largest absolute Gasteiger partial charge is 0.506 e. The molecule has 2 aliphatic heterocycles. The van der Waals surface area contributed by atoms with Crippen molar-refractivity contribution in [1.82, 2.24) is 0 Å². The van der Waals surface area contributed by atoms with Crippen LogP contribution in [0.25, 0.3) is 6.08 Å². The summed E-state index contributed by atoms with van der Waals surface area (Å²) in [4.78, 5) is 12.6. The van der Waals surface area contributed by atoms with Crippen LogP contribution in [-0.4, -0.2) is 24.3 Å². The van der Waals surface area contributed by atoms with Gasteiger partial charge in [-0.1, -0.05) is 17.7 Å². The van der Waals surface area contributed by atoms with E-state index in [1.54, 1.807) is 30.3 Å². The molecule has 5 nitrogen and oxygen atoms in total.